The van der Waals surface area contributed by atoms with Gasteiger partial charge in [-0.2, -0.15) is 5.10 Å². The molecule has 175 valence electrons. The fourth-order valence-corrected chi connectivity index (χ4v) is 4.19. The van der Waals surface area contributed by atoms with Crippen molar-refractivity contribution in [3.05, 3.63) is 107 Å². The summed E-state index contributed by atoms with van der Waals surface area (Å²) in [6.45, 7) is 0.676. The molecule has 0 aliphatic carbocycles. The lowest BCUT2D eigenvalue weighted by molar-refractivity contribution is 0.0962. The van der Waals surface area contributed by atoms with Crippen molar-refractivity contribution in [1.29, 1.82) is 0 Å². The quantitative estimate of drug-likeness (QED) is 0.546. The summed E-state index contributed by atoms with van der Waals surface area (Å²) in [4.78, 5) is 17.0. The van der Waals surface area contributed by atoms with Crippen molar-refractivity contribution in [2.24, 2.45) is 7.05 Å². The van der Waals surface area contributed by atoms with Crippen LogP contribution in [0.3, 0.4) is 0 Å². The van der Waals surface area contributed by atoms with Crippen molar-refractivity contribution in [1.82, 2.24) is 30.1 Å². The third-order valence-electron chi connectivity index (χ3n) is 5.76. The van der Waals surface area contributed by atoms with Gasteiger partial charge in [0.15, 0.2) is 0 Å². The van der Waals surface area contributed by atoms with E-state index in [1.807, 2.05) is 87.1 Å². The van der Waals surface area contributed by atoms with E-state index < -0.39 is 0 Å². The number of allylic oxidation sites excluding steroid dienone is 2. The zero-order valence-corrected chi connectivity index (χ0v) is 19.8. The molecule has 0 unspecified atom stereocenters. The maximum absolute atomic E-state index is 13.4. The molecule has 2 aliphatic rings. The number of halogens is 1. The van der Waals surface area contributed by atoms with Crippen molar-refractivity contribution >= 4 is 18.8 Å². The van der Waals surface area contributed by atoms with Crippen LogP contribution in [0.2, 0.25) is 0 Å². The third-order valence-corrected chi connectivity index (χ3v) is 5.76. The molecular formula is C26H25BFN6O. The van der Waals surface area contributed by atoms with Gasteiger partial charge in [0.1, 0.15) is 11.6 Å². The molecule has 3 heterocycles. The minimum absolute atomic E-state index is 0.166. The number of nitrogens with zero attached hydrogens (tertiary/aromatic N) is 4. The van der Waals surface area contributed by atoms with E-state index in [0.717, 1.165) is 33.7 Å². The summed E-state index contributed by atoms with van der Waals surface area (Å²) in [5.74, 6) is 0.977. The summed E-state index contributed by atoms with van der Waals surface area (Å²) in [5.41, 5.74) is 5.09. The predicted octanol–water partition coefficient (Wildman–Crippen LogP) is 3.24. The molecule has 3 aromatic rings. The monoisotopic (exact) mass is 467 g/mol. The number of amides is 1. The first-order valence-corrected chi connectivity index (χ1v) is 11.3. The van der Waals surface area contributed by atoms with E-state index in [9.17, 15) is 9.18 Å². The Morgan fingerprint density at radius 3 is 2.69 bits per heavy atom. The second kappa shape index (κ2) is 9.27. The molecule has 9 heteroatoms. The maximum atomic E-state index is 13.4. The van der Waals surface area contributed by atoms with Crippen LogP contribution in [0.4, 0.5) is 4.39 Å². The van der Waals surface area contributed by atoms with Crippen LogP contribution < -0.4 is 10.6 Å². The van der Waals surface area contributed by atoms with Gasteiger partial charge in [0.25, 0.3) is 13.3 Å². The van der Waals surface area contributed by atoms with Crippen molar-refractivity contribution in [3.8, 4) is 11.3 Å². The highest BCUT2D eigenvalue weighted by atomic mass is 19.1. The molecule has 5 rings (SSSR count). The Kier molecular flexibility index (Phi) is 6.00. The number of benzene rings is 2. The first-order chi connectivity index (χ1) is 16.9. The van der Waals surface area contributed by atoms with Gasteiger partial charge < -0.3 is 20.3 Å². The number of hydrogen-bond acceptors (Lipinski definition) is 5. The zero-order valence-electron chi connectivity index (χ0n) is 19.8. The van der Waals surface area contributed by atoms with E-state index in [2.05, 4.69) is 15.7 Å². The van der Waals surface area contributed by atoms with E-state index in [0.29, 0.717) is 17.9 Å². The number of carbonyl (C=O) groups excluding carboxylic acids is 1. The second-order valence-corrected chi connectivity index (χ2v) is 8.80. The maximum Gasteiger partial charge on any atom is 0.292 e. The largest absolute Gasteiger partial charge is 0.375 e. The predicted molar refractivity (Wildman–Crippen MR) is 135 cm³/mol. The summed E-state index contributed by atoms with van der Waals surface area (Å²) >= 11 is 0. The lowest BCUT2D eigenvalue weighted by atomic mass is 9.73. The molecule has 0 fully saturated rings. The van der Waals surface area contributed by atoms with Crippen LogP contribution in [0.5, 0.6) is 0 Å². The van der Waals surface area contributed by atoms with Gasteiger partial charge in [-0.3, -0.25) is 9.48 Å². The van der Waals surface area contributed by atoms with Gasteiger partial charge >= 0.3 is 0 Å². The normalized spacial score (nSPS) is 14.5. The van der Waals surface area contributed by atoms with Gasteiger partial charge in [-0.05, 0) is 61.5 Å². The molecule has 1 radical (unpaired) electrons. The molecule has 7 nitrogen and oxygen atoms in total. The Bertz CT molecular complexity index is 1370. The lowest BCUT2D eigenvalue weighted by Gasteiger charge is -2.21. The summed E-state index contributed by atoms with van der Waals surface area (Å²) < 4.78 is 15.2. The van der Waals surface area contributed by atoms with Crippen LogP contribution in [-0.4, -0.2) is 46.9 Å². The molecule has 0 bridgehead atoms. The second-order valence-electron chi connectivity index (χ2n) is 8.80. The van der Waals surface area contributed by atoms with Gasteiger partial charge in [0.05, 0.1) is 11.5 Å². The van der Waals surface area contributed by atoms with E-state index >= 15 is 0 Å². The van der Waals surface area contributed by atoms with E-state index in [4.69, 9.17) is 0 Å². The number of nitrogens with one attached hydrogen (secondary N) is 2. The van der Waals surface area contributed by atoms with Crippen LogP contribution >= 0.6 is 0 Å². The Hall–Kier alpha value is -4.11. The lowest BCUT2D eigenvalue weighted by Crippen LogP contribution is -2.31. The van der Waals surface area contributed by atoms with Crippen LogP contribution in [0.15, 0.2) is 84.7 Å². The fourth-order valence-electron chi connectivity index (χ4n) is 4.19. The Balaban J connectivity index is 1.34. The van der Waals surface area contributed by atoms with Crippen molar-refractivity contribution in [2.75, 3.05) is 14.1 Å². The number of carbonyl (C=O) groups is 1. The first-order valence-electron chi connectivity index (χ1n) is 11.3. The van der Waals surface area contributed by atoms with Crippen molar-refractivity contribution < 1.29 is 9.18 Å². The van der Waals surface area contributed by atoms with Crippen LogP contribution in [0.25, 0.3) is 16.7 Å². The van der Waals surface area contributed by atoms with Gasteiger partial charge in [-0.15, -0.1) is 0 Å². The van der Waals surface area contributed by atoms with Gasteiger partial charge in [-0.25, -0.2) is 4.39 Å². The average Bonchev–Trinajstić information content (AvgIpc) is 3.41. The number of aryl methyl sites for hydroxylation is 1. The van der Waals surface area contributed by atoms with Gasteiger partial charge in [0, 0.05) is 42.7 Å². The Labute approximate surface area is 204 Å². The fraction of sp³-hybridized carbons (Fsp3) is 0.154. The van der Waals surface area contributed by atoms with Crippen LogP contribution in [-0.2, 0) is 13.6 Å². The van der Waals surface area contributed by atoms with Crippen LogP contribution in [0, 0.1) is 5.82 Å². The summed E-state index contributed by atoms with van der Waals surface area (Å²) in [6.07, 6.45) is 7.73. The molecule has 2 N–H and O–H groups in total. The SMILES string of the molecule is CN(C)Cc1ccccc1C(=O)NC1=CN2[B]C(c3cn(C)nc3-c3ccc(F)cc3)=CC=C2N1. The molecule has 0 spiro atoms. The highest BCUT2D eigenvalue weighted by molar-refractivity contribution is 6.60. The van der Waals surface area contributed by atoms with Crippen molar-refractivity contribution in [3.63, 3.8) is 0 Å². The van der Waals surface area contributed by atoms with Crippen molar-refractivity contribution in [2.45, 2.75) is 6.54 Å². The summed E-state index contributed by atoms with van der Waals surface area (Å²) in [7, 11) is 7.79. The number of aromatic nitrogens is 2. The first kappa shape index (κ1) is 22.7. The van der Waals surface area contributed by atoms with Crippen LogP contribution in [0.1, 0.15) is 21.5 Å². The molecule has 0 atom stereocenters. The molecular weight excluding hydrogens is 442 g/mol. The Morgan fingerprint density at radius 2 is 1.91 bits per heavy atom. The molecule has 35 heavy (non-hydrogen) atoms. The topological polar surface area (TPSA) is 65.4 Å². The number of rotatable bonds is 6. The zero-order chi connectivity index (χ0) is 24.5. The molecule has 1 amide bonds. The standard InChI is InChI=1S/C26H25BFN6O/c1-32(2)14-18-6-4-5-7-20(18)26(35)30-23-16-34-24(29-23)13-12-22(27-34)21-15-33(3)31-25(21)17-8-10-19(28)11-9-17/h4-13,15-16,29H,14H2,1-3H3,(H,30,35). The van der Waals surface area contributed by atoms with Gasteiger partial charge in [0.2, 0.25) is 0 Å². The van der Waals surface area contributed by atoms with E-state index in [1.165, 1.54) is 12.1 Å². The summed E-state index contributed by atoms with van der Waals surface area (Å²) in [5, 5.41) is 10.8. The third kappa shape index (κ3) is 4.76. The number of hydrogen-bond donors (Lipinski definition) is 2. The smallest absolute Gasteiger partial charge is 0.292 e. The molecule has 0 saturated heterocycles. The van der Waals surface area contributed by atoms with Gasteiger partial charge in [-0.1, -0.05) is 24.3 Å². The minimum Gasteiger partial charge on any atom is -0.375 e. The molecule has 2 aliphatic heterocycles. The minimum atomic E-state index is -0.283. The molecule has 2 aromatic carbocycles. The average molecular weight is 467 g/mol. The molecule has 1 aromatic heterocycles. The van der Waals surface area contributed by atoms with E-state index in [-0.39, 0.29) is 11.7 Å². The highest BCUT2D eigenvalue weighted by Crippen LogP contribution is 2.31. The Morgan fingerprint density at radius 1 is 1.14 bits per heavy atom. The van der Waals surface area contributed by atoms with E-state index in [1.54, 1.807) is 16.8 Å². The summed E-state index contributed by atoms with van der Waals surface area (Å²) in [6, 6.07) is 13.9. The number of fused-ring (bicyclic) bond motifs is 1. The molecule has 0 saturated carbocycles. The highest BCUT2D eigenvalue weighted by Gasteiger charge is 2.26.